The molecule has 2 rings (SSSR count). The average Bonchev–Trinajstić information content (AvgIpc) is 2.70. The lowest BCUT2D eigenvalue weighted by molar-refractivity contribution is 0.475. The van der Waals surface area contributed by atoms with Crippen LogP contribution in [-0.2, 0) is 0 Å². The summed E-state index contributed by atoms with van der Waals surface area (Å²) in [5.74, 6) is 0.694. The van der Waals surface area contributed by atoms with E-state index in [2.05, 4.69) is 20.2 Å². The van der Waals surface area contributed by atoms with Crippen LogP contribution < -0.4 is 0 Å². The number of nitrogens with zero attached hydrogens (tertiary/aromatic N) is 3. The molecular formula is C9H8N4O. The average molecular weight is 188 g/mol. The van der Waals surface area contributed by atoms with Crippen LogP contribution in [-0.4, -0.2) is 26.5 Å². The summed E-state index contributed by atoms with van der Waals surface area (Å²) < 4.78 is 0. The van der Waals surface area contributed by atoms with Crippen molar-refractivity contribution in [2.75, 3.05) is 0 Å². The van der Waals surface area contributed by atoms with Gasteiger partial charge in [0.2, 0.25) is 5.95 Å². The van der Waals surface area contributed by atoms with Crippen LogP contribution in [0.4, 0.5) is 5.95 Å². The molecular weight excluding hydrogens is 180 g/mol. The second-order valence-electron chi connectivity index (χ2n) is 2.66. The Labute approximate surface area is 80.2 Å². The van der Waals surface area contributed by atoms with Gasteiger partial charge in [-0.2, -0.15) is 10.1 Å². The number of aromatic nitrogens is 3. The van der Waals surface area contributed by atoms with Gasteiger partial charge in [-0.05, 0) is 29.8 Å². The highest BCUT2D eigenvalue weighted by atomic mass is 16.3. The van der Waals surface area contributed by atoms with Gasteiger partial charge in [0, 0.05) is 6.21 Å². The number of hydrogen-bond donors (Lipinski definition) is 2. The van der Waals surface area contributed by atoms with Crippen LogP contribution in [0, 0.1) is 0 Å². The fourth-order valence-corrected chi connectivity index (χ4v) is 0.957. The van der Waals surface area contributed by atoms with E-state index in [9.17, 15) is 0 Å². The summed E-state index contributed by atoms with van der Waals surface area (Å²) in [6.45, 7) is 0. The summed E-state index contributed by atoms with van der Waals surface area (Å²) in [5.41, 5.74) is 0.888. The molecule has 14 heavy (non-hydrogen) atoms. The van der Waals surface area contributed by atoms with Gasteiger partial charge in [0.15, 0.2) is 0 Å². The second-order valence-corrected chi connectivity index (χ2v) is 2.66. The zero-order valence-corrected chi connectivity index (χ0v) is 7.25. The SMILES string of the molecule is Oc1ccc(/C=N/c2ncn[nH]2)cc1. The molecule has 0 spiro atoms. The maximum atomic E-state index is 9.04. The Balaban J connectivity index is 2.15. The quantitative estimate of drug-likeness (QED) is 0.697. The number of hydrogen-bond acceptors (Lipinski definition) is 4. The molecule has 2 N–H and O–H groups in total. The highest BCUT2D eigenvalue weighted by molar-refractivity contribution is 5.81. The van der Waals surface area contributed by atoms with Gasteiger partial charge in [-0.3, -0.25) is 0 Å². The summed E-state index contributed by atoms with van der Waals surface area (Å²) in [5, 5.41) is 15.3. The fourth-order valence-electron chi connectivity index (χ4n) is 0.957. The van der Waals surface area contributed by atoms with Gasteiger partial charge >= 0.3 is 0 Å². The molecule has 1 heterocycles. The van der Waals surface area contributed by atoms with E-state index >= 15 is 0 Å². The van der Waals surface area contributed by atoms with Gasteiger partial charge in [0.25, 0.3) is 0 Å². The number of rotatable bonds is 2. The molecule has 1 aromatic heterocycles. The Morgan fingerprint density at radius 3 is 2.71 bits per heavy atom. The standard InChI is InChI=1S/C9H8N4O/c14-8-3-1-7(2-4-8)5-10-9-11-6-12-13-9/h1-6,14H,(H,11,12,13)/b10-5+. The monoisotopic (exact) mass is 188 g/mol. The zero-order chi connectivity index (χ0) is 9.80. The van der Waals surface area contributed by atoms with Crippen LogP contribution in [0.3, 0.4) is 0 Å². The number of phenolic OH excluding ortho intramolecular Hbond substituents is 1. The van der Waals surface area contributed by atoms with E-state index in [-0.39, 0.29) is 5.75 Å². The summed E-state index contributed by atoms with van der Waals surface area (Å²) in [6.07, 6.45) is 3.03. The van der Waals surface area contributed by atoms with E-state index < -0.39 is 0 Å². The molecule has 0 atom stereocenters. The smallest absolute Gasteiger partial charge is 0.245 e. The molecule has 0 fully saturated rings. The molecule has 0 radical (unpaired) electrons. The van der Waals surface area contributed by atoms with Crippen LogP contribution >= 0.6 is 0 Å². The lowest BCUT2D eigenvalue weighted by atomic mass is 10.2. The first-order valence-corrected chi connectivity index (χ1v) is 4.03. The summed E-state index contributed by atoms with van der Waals surface area (Å²) in [7, 11) is 0. The van der Waals surface area contributed by atoms with Gasteiger partial charge in [-0.15, -0.1) is 0 Å². The van der Waals surface area contributed by atoms with E-state index in [4.69, 9.17) is 5.11 Å². The number of nitrogens with one attached hydrogen (secondary N) is 1. The predicted molar refractivity (Wildman–Crippen MR) is 51.7 cm³/mol. The van der Waals surface area contributed by atoms with Gasteiger partial charge in [0.1, 0.15) is 12.1 Å². The van der Waals surface area contributed by atoms with Crippen molar-refractivity contribution in [1.82, 2.24) is 15.2 Å². The fraction of sp³-hybridized carbons (Fsp3) is 0. The highest BCUT2D eigenvalue weighted by Gasteiger charge is 1.90. The van der Waals surface area contributed by atoms with Crippen molar-refractivity contribution in [2.45, 2.75) is 0 Å². The van der Waals surface area contributed by atoms with Crippen molar-refractivity contribution in [2.24, 2.45) is 4.99 Å². The number of phenols is 1. The van der Waals surface area contributed by atoms with Crippen molar-refractivity contribution in [1.29, 1.82) is 0 Å². The molecule has 0 saturated heterocycles. The third-order valence-corrected chi connectivity index (χ3v) is 1.63. The Kier molecular flexibility index (Phi) is 2.22. The van der Waals surface area contributed by atoms with Gasteiger partial charge in [0.05, 0.1) is 0 Å². The number of H-pyrrole nitrogens is 1. The first-order valence-electron chi connectivity index (χ1n) is 4.03. The first-order chi connectivity index (χ1) is 6.84. The molecule has 0 unspecified atom stereocenters. The van der Waals surface area contributed by atoms with Gasteiger partial charge in [-0.1, -0.05) is 0 Å². The number of aromatic amines is 1. The Morgan fingerprint density at radius 1 is 1.29 bits per heavy atom. The molecule has 0 aliphatic heterocycles. The topological polar surface area (TPSA) is 74.2 Å². The summed E-state index contributed by atoms with van der Waals surface area (Å²) in [4.78, 5) is 7.87. The maximum absolute atomic E-state index is 9.04. The molecule has 5 nitrogen and oxygen atoms in total. The highest BCUT2D eigenvalue weighted by Crippen LogP contribution is 2.08. The minimum absolute atomic E-state index is 0.238. The van der Waals surface area contributed by atoms with Crippen LogP contribution in [0.25, 0.3) is 0 Å². The summed E-state index contributed by atoms with van der Waals surface area (Å²) >= 11 is 0. The largest absolute Gasteiger partial charge is 0.508 e. The third kappa shape index (κ3) is 1.95. The van der Waals surface area contributed by atoms with Crippen molar-refractivity contribution >= 4 is 12.2 Å². The van der Waals surface area contributed by atoms with Gasteiger partial charge < -0.3 is 5.11 Å². The van der Waals surface area contributed by atoms with E-state index in [0.29, 0.717) is 5.95 Å². The second kappa shape index (κ2) is 3.69. The van der Waals surface area contributed by atoms with Crippen LogP contribution in [0.1, 0.15) is 5.56 Å². The lowest BCUT2D eigenvalue weighted by Crippen LogP contribution is -1.79. The normalized spacial score (nSPS) is 10.9. The number of aromatic hydroxyl groups is 1. The first kappa shape index (κ1) is 8.43. The Morgan fingerprint density at radius 2 is 2.07 bits per heavy atom. The molecule has 0 aliphatic rings. The Hall–Kier alpha value is -2.17. The third-order valence-electron chi connectivity index (χ3n) is 1.63. The molecule has 70 valence electrons. The molecule has 0 saturated carbocycles. The number of aliphatic imine (C=N–C) groups is 1. The van der Waals surface area contributed by atoms with Crippen molar-refractivity contribution < 1.29 is 5.11 Å². The van der Waals surface area contributed by atoms with Crippen molar-refractivity contribution in [3.05, 3.63) is 36.2 Å². The van der Waals surface area contributed by atoms with E-state index in [1.165, 1.54) is 6.33 Å². The van der Waals surface area contributed by atoms with Crippen LogP contribution in [0.2, 0.25) is 0 Å². The van der Waals surface area contributed by atoms with Crippen molar-refractivity contribution in [3.63, 3.8) is 0 Å². The maximum Gasteiger partial charge on any atom is 0.245 e. The molecule has 0 bridgehead atoms. The molecule has 2 aromatic rings. The molecule has 1 aromatic carbocycles. The Bertz CT molecular complexity index is 419. The summed E-state index contributed by atoms with van der Waals surface area (Å²) in [6, 6.07) is 6.72. The minimum Gasteiger partial charge on any atom is -0.508 e. The van der Waals surface area contributed by atoms with E-state index in [1.54, 1.807) is 30.5 Å². The zero-order valence-electron chi connectivity index (χ0n) is 7.25. The van der Waals surface area contributed by atoms with E-state index in [1.807, 2.05) is 0 Å². The van der Waals surface area contributed by atoms with Crippen molar-refractivity contribution in [3.8, 4) is 5.75 Å². The minimum atomic E-state index is 0.238. The molecule has 5 heteroatoms. The lowest BCUT2D eigenvalue weighted by Gasteiger charge is -1.92. The van der Waals surface area contributed by atoms with E-state index in [0.717, 1.165) is 5.56 Å². The predicted octanol–water partition coefficient (Wildman–Crippen LogP) is 1.26. The van der Waals surface area contributed by atoms with Crippen LogP contribution in [0.15, 0.2) is 35.6 Å². The number of benzene rings is 1. The molecule has 0 amide bonds. The molecule has 0 aliphatic carbocycles. The van der Waals surface area contributed by atoms with Gasteiger partial charge in [-0.25, -0.2) is 10.1 Å². The van der Waals surface area contributed by atoms with Crippen LogP contribution in [0.5, 0.6) is 5.75 Å².